The van der Waals surface area contributed by atoms with Gasteiger partial charge in [0.25, 0.3) is 0 Å². The first-order valence-corrected chi connectivity index (χ1v) is 11.1. The molecule has 0 amide bonds. The summed E-state index contributed by atoms with van der Waals surface area (Å²) < 4.78 is 10.9. The Bertz CT molecular complexity index is 652. The highest BCUT2D eigenvalue weighted by atomic mass is 127. The molecule has 3 aliphatic heterocycles. The van der Waals surface area contributed by atoms with Gasteiger partial charge in [-0.3, -0.25) is 14.8 Å². The molecule has 4 heterocycles. The van der Waals surface area contributed by atoms with Gasteiger partial charge in [-0.05, 0) is 25.0 Å². The Morgan fingerprint density at radius 3 is 2.77 bits per heavy atom. The molecule has 8 heteroatoms. The molecule has 2 saturated heterocycles. The highest BCUT2D eigenvalue weighted by Crippen LogP contribution is 2.18. The lowest BCUT2D eigenvalue weighted by Crippen LogP contribution is -2.43. The van der Waals surface area contributed by atoms with E-state index in [1.54, 1.807) is 6.26 Å². The molecule has 1 atom stereocenters. The van der Waals surface area contributed by atoms with Gasteiger partial charge in [0.1, 0.15) is 5.76 Å². The molecule has 0 saturated carbocycles. The maximum absolute atomic E-state index is 5.47. The fourth-order valence-electron chi connectivity index (χ4n) is 4.35. The molecule has 30 heavy (non-hydrogen) atoms. The molecule has 7 nitrogen and oxygen atoms in total. The first-order chi connectivity index (χ1) is 14.4. The summed E-state index contributed by atoms with van der Waals surface area (Å²) in [6, 6.07) is 4.62. The van der Waals surface area contributed by atoms with Crippen molar-refractivity contribution in [2.45, 2.75) is 25.3 Å². The van der Waals surface area contributed by atoms with Crippen LogP contribution < -0.4 is 5.32 Å². The van der Waals surface area contributed by atoms with Gasteiger partial charge in [0.05, 0.1) is 19.5 Å². The summed E-state index contributed by atoms with van der Waals surface area (Å²) in [6.07, 6.45) is 9.50. The van der Waals surface area contributed by atoms with E-state index in [2.05, 4.69) is 32.2 Å². The van der Waals surface area contributed by atoms with Crippen molar-refractivity contribution < 1.29 is 9.15 Å². The van der Waals surface area contributed by atoms with Gasteiger partial charge in [-0.15, -0.1) is 24.0 Å². The van der Waals surface area contributed by atoms with Gasteiger partial charge in [-0.25, -0.2) is 0 Å². The average Bonchev–Trinajstić information content (AvgIpc) is 3.52. The van der Waals surface area contributed by atoms with E-state index < -0.39 is 0 Å². The zero-order valence-corrected chi connectivity index (χ0v) is 20.2. The number of aliphatic imine (C=N–C) groups is 1. The molecule has 0 aliphatic carbocycles. The number of ether oxygens (including phenoxy) is 1. The van der Waals surface area contributed by atoms with Crippen molar-refractivity contribution in [1.29, 1.82) is 0 Å². The van der Waals surface area contributed by atoms with E-state index in [4.69, 9.17) is 14.1 Å². The molecule has 1 aromatic rings. The van der Waals surface area contributed by atoms with Crippen LogP contribution >= 0.6 is 24.0 Å². The van der Waals surface area contributed by atoms with Crippen molar-refractivity contribution in [2.75, 3.05) is 72.1 Å². The molecule has 4 rings (SSSR count). The zero-order chi connectivity index (χ0) is 19.7. The van der Waals surface area contributed by atoms with Crippen molar-refractivity contribution in [3.8, 4) is 0 Å². The lowest BCUT2D eigenvalue weighted by atomic mass is 10.2. The number of nitrogens with zero attached hydrogens (tertiary/aromatic N) is 4. The van der Waals surface area contributed by atoms with Gasteiger partial charge >= 0.3 is 0 Å². The lowest BCUT2D eigenvalue weighted by Gasteiger charge is -2.27. The van der Waals surface area contributed by atoms with Crippen molar-refractivity contribution in [3.63, 3.8) is 0 Å². The van der Waals surface area contributed by atoms with E-state index in [1.165, 1.54) is 6.42 Å². The minimum absolute atomic E-state index is 0. The summed E-state index contributed by atoms with van der Waals surface area (Å²) in [6.45, 7) is 11.0. The second kappa shape index (κ2) is 12.7. The Kier molecular flexibility index (Phi) is 9.96. The molecule has 2 fully saturated rings. The Morgan fingerprint density at radius 1 is 1.17 bits per heavy atom. The summed E-state index contributed by atoms with van der Waals surface area (Å²) in [5.74, 6) is 2.08. The summed E-state index contributed by atoms with van der Waals surface area (Å²) in [5.41, 5.74) is 0. The van der Waals surface area contributed by atoms with Gasteiger partial charge in [0.15, 0.2) is 5.96 Å². The van der Waals surface area contributed by atoms with E-state index in [0.717, 1.165) is 96.7 Å². The standard InChI is InChI=1S/C22H35N5O2.HI/c1-2-12-26(11-1)20-7-13-27(19-20)22(24-9-6-21-5-3-16-29-21)23-8-4-10-25-14-17-28-18-15-25;/h1-3,5,16,20H,4,6-15,17-19H2,(H,23,24);1H. The lowest BCUT2D eigenvalue weighted by molar-refractivity contribution is 0.0377. The fourth-order valence-corrected chi connectivity index (χ4v) is 4.35. The third kappa shape index (κ3) is 6.96. The van der Waals surface area contributed by atoms with Gasteiger partial charge in [-0.1, -0.05) is 12.2 Å². The second-order valence-corrected chi connectivity index (χ2v) is 8.08. The summed E-state index contributed by atoms with van der Waals surface area (Å²) in [4.78, 5) is 12.5. The van der Waals surface area contributed by atoms with Crippen LogP contribution in [0.3, 0.4) is 0 Å². The normalized spacial score (nSPS) is 23.1. The molecular formula is C22H36IN5O2. The van der Waals surface area contributed by atoms with Crippen molar-refractivity contribution in [3.05, 3.63) is 36.3 Å². The van der Waals surface area contributed by atoms with Crippen LogP contribution in [0.4, 0.5) is 0 Å². The van der Waals surface area contributed by atoms with Crippen LogP contribution in [0.15, 0.2) is 40.0 Å². The smallest absolute Gasteiger partial charge is 0.193 e. The fraction of sp³-hybridized carbons (Fsp3) is 0.682. The molecule has 0 aromatic carbocycles. The van der Waals surface area contributed by atoms with Crippen LogP contribution in [-0.2, 0) is 11.2 Å². The van der Waals surface area contributed by atoms with E-state index in [9.17, 15) is 0 Å². The van der Waals surface area contributed by atoms with Gasteiger partial charge < -0.3 is 19.4 Å². The molecule has 1 N–H and O–H groups in total. The highest BCUT2D eigenvalue weighted by Gasteiger charge is 2.29. The van der Waals surface area contributed by atoms with Crippen LogP contribution in [-0.4, -0.2) is 98.8 Å². The first-order valence-electron chi connectivity index (χ1n) is 11.1. The Balaban J connectivity index is 0.00000256. The number of hydrogen-bond donors (Lipinski definition) is 1. The minimum Gasteiger partial charge on any atom is -0.469 e. The van der Waals surface area contributed by atoms with Crippen LogP contribution in [0.25, 0.3) is 0 Å². The zero-order valence-electron chi connectivity index (χ0n) is 17.9. The highest BCUT2D eigenvalue weighted by molar-refractivity contribution is 14.0. The minimum atomic E-state index is 0. The van der Waals surface area contributed by atoms with Crippen LogP contribution in [0.5, 0.6) is 0 Å². The largest absolute Gasteiger partial charge is 0.469 e. The number of likely N-dealkylation sites (tertiary alicyclic amines) is 1. The molecule has 168 valence electrons. The molecule has 0 bridgehead atoms. The van der Waals surface area contributed by atoms with Crippen LogP contribution in [0, 0.1) is 0 Å². The first kappa shape index (κ1) is 23.6. The number of furan rings is 1. The van der Waals surface area contributed by atoms with E-state index in [0.29, 0.717) is 6.04 Å². The predicted octanol–water partition coefficient (Wildman–Crippen LogP) is 2.05. The second-order valence-electron chi connectivity index (χ2n) is 8.08. The van der Waals surface area contributed by atoms with Gasteiger partial charge in [-0.2, -0.15) is 0 Å². The molecule has 3 aliphatic rings. The quantitative estimate of drug-likeness (QED) is 0.183. The summed E-state index contributed by atoms with van der Waals surface area (Å²) in [5, 5.41) is 3.60. The number of rotatable bonds is 8. The monoisotopic (exact) mass is 529 g/mol. The predicted molar refractivity (Wildman–Crippen MR) is 131 cm³/mol. The number of morpholine rings is 1. The summed E-state index contributed by atoms with van der Waals surface area (Å²) >= 11 is 0. The van der Waals surface area contributed by atoms with Crippen LogP contribution in [0.1, 0.15) is 18.6 Å². The van der Waals surface area contributed by atoms with E-state index >= 15 is 0 Å². The Labute approximate surface area is 197 Å². The maximum Gasteiger partial charge on any atom is 0.193 e. The van der Waals surface area contributed by atoms with Crippen molar-refractivity contribution in [1.82, 2.24) is 20.0 Å². The van der Waals surface area contributed by atoms with Crippen LogP contribution in [0.2, 0.25) is 0 Å². The Morgan fingerprint density at radius 2 is 2.00 bits per heavy atom. The number of halogens is 1. The van der Waals surface area contributed by atoms with E-state index in [-0.39, 0.29) is 24.0 Å². The third-order valence-corrected chi connectivity index (χ3v) is 6.06. The Hall–Kier alpha value is -1.10. The number of nitrogens with one attached hydrogen (secondary N) is 1. The number of hydrogen-bond acceptors (Lipinski definition) is 5. The average molecular weight is 529 g/mol. The maximum atomic E-state index is 5.47. The molecule has 0 radical (unpaired) electrons. The van der Waals surface area contributed by atoms with Gasteiger partial charge in [0.2, 0.25) is 0 Å². The SMILES string of the molecule is C1=CCN(C2CCN(C(=NCCCN3CCOCC3)NCCc3ccco3)C2)C1.I. The molecular weight excluding hydrogens is 493 g/mol. The molecule has 1 unspecified atom stereocenters. The topological polar surface area (TPSA) is 56.5 Å². The molecule has 1 aromatic heterocycles. The molecule has 0 spiro atoms. The van der Waals surface area contributed by atoms with Gasteiger partial charge in [0, 0.05) is 71.4 Å². The van der Waals surface area contributed by atoms with E-state index in [1.807, 2.05) is 12.1 Å². The van der Waals surface area contributed by atoms with Crippen molar-refractivity contribution in [2.24, 2.45) is 4.99 Å². The third-order valence-electron chi connectivity index (χ3n) is 6.06. The summed E-state index contributed by atoms with van der Waals surface area (Å²) in [7, 11) is 0. The number of guanidine groups is 1. The van der Waals surface area contributed by atoms with Crippen molar-refractivity contribution >= 4 is 29.9 Å².